The third kappa shape index (κ3) is 6.55. The molecular formula is C22H27NO2. The largest absolute Gasteiger partial charge is 0.465 e. The van der Waals surface area contributed by atoms with E-state index in [0.29, 0.717) is 19.7 Å². The van der Waals surface area contributed by atoms with Crippen LogP contribution in [-0.4, -0.2) is 30.6 Å². The number of nitrogens with zero attached hydrogens (tertiary/aromatic N) is 1. The number of carbonyl (C=O) groups is 1. The van der Waals surface area contributed by atoms with Crippen molar-refractivity contribution in [3.63, 3.8) is 0 Å². The lowest BCUT2D eigenvalue weighted by molar-refractivity contribution is -0.144. The Hall–Kier alpha value is -2.39. The molecule has 0 aliphatic carbocycles. The zero-order valence-corrected chi connectivity index (χ0v) is 15.2. The quantitative estimate of drug-likeness (QED) is 0.508. The number of carbonyl (C=O) groups excluding carboxylic acids is 1. The first-order valence-corrected chi connectivity index (χ1v) is 8.71. The topological polar surface area (TPSA) is 29.5 Å². The van der Waals surface area contributed by atoms with Crippen LogP contribution in [0, 0.1) is 6.92 Å². The molecule has 25 heavy (non-hydrogen) atoms. The van der Waals surface area contributed by atoms with Crippen molar-refractivity contribution in [2.24, 2.45) is 0 Å². The van der Waals surface area contributed by atoms with Crippen molar-refractivity contribution in [3.05, 3.63) is 83.4 Å². The van der Waals surface area contributed by atoms with E-state index in [0.717, 1.165) is 12.0 Å². The predicted octanol–water partition coefficient (Wildman–Crippen LogP) is 4.16. The standard InChI is InChI=1S/C22H27NO2/c1-4-25-22(24)17-23(16-20-11-6-5-7-12-20)15-18(2)14-21-13-9-8-10-19(21)3/h5-13H,2,4,14-17H2,1,3H3. The van der Waals surface area contributed by atoms with Crippen molar-refractivity contribution in [1.29, 1.82) is 0 Å². The minimum atomic E-state index is -0.192. The first-order chi connectivity index (χ1) is 12.1. The zero-order valence-electron chi connectivity index (χ0n) is 15.2. The number of esters is 1. The van der Waals surface area contributed by atoms with Crippen molar-refractivity contribution in [3.8, 4) is 0 Å². The molecule has 0 amide bonds. The fourth-order valence-corrected chi connectivity index (χ4v) is 2.85. The molecule has 0 atom stereocenters. The molecule has 2 aromatic carbocycles. The fourth-order valence-electron chi connectivity index (χ4n) is 2.85. The molecule has 0 aliphatic rings. The van der Waals surface area contributed by atoms with Crippen LogP contribution in [-0.2, 0) is 22.5 Å². The maximum absolute atomic E-state index is 11.9. The second-order valence-electron chi connectivity index (χ2n) is 6.29. The van der Waals surface area contributed by atoms with Crippen molar-refractivity contribution in [2.45, 2.75) is 26.8 Å². The Morgan fingerprint density at radius 1 is 1.04 bits per heavy atom. The van der Waals surface area contributed by atoms with Crippen LogP contribution >= 0.6 is 0 Å². The van der Waals surface area contributed by atoms with Crippen LogP contribution in [0.3, 0.4) is 0 Å². The van der Waals surface area contributed by atoms with E-state index in [1.54, 1.807) is 0 Å². The van der Waals surface area contributed by atoms with Crippen LogP contribution in [0.15, 0.2) is 66.7 Å². The number of rotatable bonds is 9. The van der Waals surface area contributed by atoms with Gasteiger partial charge < -0.3 is 4.74 Å². The van der Waals surface area contributed by atoms with E-state index in [9.17, 15) is 4.79 Å². The Morgan fingerprint density at radius 2 is 1.72 bits per heavy atom. The Bertz CT molecular complexity index is 694. The molecule has 0 saturated heterocycles. The molecule has 2 aromatic rings. The summed E-state index contributed by atoms with van der Waals surface area (Å²) >= 11 is 0. The van der Waals surface area contributed by atoms with Gasteiger partial charge in [0.25, 0.3) is 0 Å². The molecular weight excluding hydrogens is 310 g/mol. The molecule has 0 spiro atoms. The lowest BCUT2D eigenvalue weighted by atomic mass is 10.0. The molecule has 0 unspecified atom stereocenters. The van der Waals surface area contributed by atoms with Crippen LogP contribution in [0.4, 0.5) is 0 Å². The summed E-state index contributed by atoms with van der Waals surface area (Å²) in [4.78, 5) is 14.0. The number of benzene rings is 2. The average molecular weight is 337 g/mol. The molecule has 0 radical (unpaired) electrons. The SMILES string of the molecule is C=C(Cc1ccccc1C)CN(CC(=O)OCC)Cc1ccccc1. The van der Waals surface area contributed by atoms with E-state index in [1.807, 2.05) is 31.2 Å². The van der Waals surface area contributed by atoms with Gasteiger partial charge >= 0.3 is 5.97 Å². The summed E-state index contributed by atoms with van der Waals surface area (Å²) in [7, 11) is 0. The van der Waals surface area contributed by atoms with Gasteiger partial charge in [0.15, 0.2) is 0 Å². The summed E-state index contributed by atoms with van der Waals surface area (Å²) in [5.41, 5.74) is 4.82. The van der Waals surface area contributed by atoms with Crippen LogP contribution < -0.4 is 0 Å². The second kappa shape index (κ2) is 9.80. The highest BCUT2D eigenvalue weighted by atomic mass is 16.5. The van der Waals surface area contributed by atoms with E-state index in [4.69, 9.17) is 4.74 Å². The molecule has 3 heteroatoms. The third-order valence-corrected chi connectivity index (χ3v) is 4.06. The van der Waals surface area contributed by atoms with Crippen LogP contribution in [0.25, 0.3) is 0 Å². The van der Waals surface area contributed by atoms with E-state index in [2.05, 4.69) is 48.7 Å². The predicted molar refractivity (Wildman–Crippen MR) is 102 cm³/mol. The van der Waals surface area contributed by atoms with E-state index >= 15 is 0 Å². The molecule has 0 fully saturated rings. The Labute approximate surface area is 150 Å². The zero-order chi connectivity index (χ0) is 18.1. The number of aryl methyl sites for hydroxylation is 1. The fraction of sp³-hybridized carbons (Fsp3) is 0.318. The summed E-state index contributed by atoms with van der Waals surface area (Å²) in [6, 6.07) is 18.5. The number of hydrogen-bond donors (Lipinski definition) is 0. The van der Waals surface area contributed by atoms with Gasteiger partial charge in [0.05, 0.1) is 13.2 Å². The summed E-state index contributed by atoms with van der Waals surface area (Å²) in [5, 5.41) is 0. The number of ether oxygens (including phenoxy) is 1. The smallest absolute Gasteiger partial charge is 0.320 e. The first-order valence-electron chi connectivity index (χ1n) is 8.71. The average Bonchev–Trinajstić information content (AvgIpc) is 2.58. The van der Waals surface area contributed by atoms with Crippen molar-refractivity contribution < 1.29 is 9.53 Å². The molecule has 132 valence electrons. The minimum absolute atomic E-state index is 0.192. The van der Waals surface area contributed by atoms with Gasteiger partial charge in [-0.05, 0) is 37.0 Å². The van der Waals surface area contributed by atoms with Gasteiger partial charge in [-0.1, -0.05) is 66.7 Å². The lowest BCUT2D eigenvalue weighted by Gasteiger charge is -2.23. The molecule has 0 aliphatic heterocycles. The maximum Gasteiger partial charge on any atom is 0.320 e. The Morgan fingerprint density at radius 3 is 2.40 bits per heavy atom. The van der Waals surface area contributed by atoms with Gasteiger partial charge in [-0.15, -0.1) is 0 Å². The van der Waals surface area contributed by atoms with E-state index in [1.165, 1.54) is 16.7 Å². The molecule has 0 N–H and O–H groups in total. The number of hydrogen-bond acceptors (Lipinski definition) is 3. The summed E-state index contributed by atoms with van der Waals surface area (Å²) in [6.07, 6.45) is 0.820. The highest BCUT2D eigenvalue weighted by Crippen LogP contribution is 2.14. The summed E-state index contributed by atoms with van der Waals surface area (Å²) < 4.78 is 5.12. The van der Waals surface area contributed by atoms with Gasteiger partial charge in [-0.2, -0.15) is 0 Å². The molecule has 0 aromatic heterocycles. The van der Waals surface area contributed by atoms with E-state index < -0.39 is 0 Å². The monoisotopic (exact) mass is 337 g/mol. The molecule has 2 rings (SSSR count). The van der Waals surface area contributed by atoms with Crippen LogP contribution in [0.2, 0.25) is 0 Å². The minimum Gasteiger partial charge on any atom is -0.465 e. The normalized spacial score (nSPS) is 10.7. The molecule has 0 heterocycles. The Kier molecular flexibility index (Phi) is 7.42. The summed E-state index contributed by atoms with van der Waals surface area (Å²) in [5.74, 6) is -0.192. The second-order valence-corrected chi connectivity index (χ2v) is 6.29. The molecule has 0 bridgehead atoms. The van der Waals surface area contributed by atoms with Crippen molar-refractivity contribution >= 4 is 5.97 Å². The third-order valence-electron chi connectivity index (χ3n) is 4.06. The summed E-state index contributed by atoms with van der Waals surface area (Å²) in [6.45, 7) is 10.2. The lowest BCUT2D eigenvalue weighted by Crippen LogP contribution is -2.32. The van der Waals surface area contributed by atoms with E-state index in [-0.39, 0.29) is 12.5 Å². The highest BCUT2D eigenvalue weighted by Gasteiger charge is 2.14. The highest BCUT2D eigenvalue weighted by molar-refractivity contribution is 5.71. The Balaban J connectivity index is 2.02. The van der Waals surface area contributed by atoms with Gasteiger partial charge in [0, 0.05) is 13.1 Å². The van der Waals surface area contributed by atoms with Gasteiger partial charge in [-0.3, -0.25) is 9.69 Å². The molecule has 0 saturated carbocycles. The van der Waals surface area contributed by atoms with Gasteiger partial charge in [0.2, 0.25) is 0 Å². The van der Waals surface area contributed by atoms with Gasteiger partial charge in [0.1, 0.15) is 0 Å². The first kappa shape index (κ1) is 18.9. The van der Waals surface area contributed by atoms with Gasteiger partial charge in [-0.25, -0.2) is 0 Å². The van der Waals surface area contributed by atoms with Crippen LogP contribution in [0.1, 0.15) is 23.6 Å². The maximum atomic E-state index is 11.9. The van der Waals surface area contributed by atoms with Crippen molar-refractivity contribution in [1.82, 2.24) is 4.90 Å². The van der Waals surface area contributed by atoms with Crippen molar-refractivity contribution in [2.75, 3.05) is 19.7 Å². The van der Waals surface area contributed by atoms with Crippen LogP contribution in [0.5, 0.6) is 0 Å². The molecule has 3 nitrogen and oxygen atoms in total.